The normalized spacial score (nSPS) is 22.7. The highest BCUT2D eigenvalue weighted by molar-refractivity contribution is 5.82. The average Bonchev–Trinajstić information content (AvgIpc) is 2.43. The first-order valence-corrected chi connectivity index (χ1v) is 6.42. The summed E-state index contributed by atoms with van der Waals surface area (Å²) in [7, 11) is 0. The molecule has 1 amide bonds. The van der Waals surface area contributed by atoms with E-state index in [2.05, 4.69) is 5.32 Å². The number of ether oxygens (including phenoxy) is 2. The second kappa shape index (κ2) is 5.93. The molecule has 5 heteroatoms. The molecule has 0 aromatic heterocycles. The van der Waals surface area contributed by atoms with Gasteiger partial charge >= 0.3 is 0 Å². The lowest BCUT2D eigenvalue weighted by Crippen LogP contribution is -2.49. The maximum atomic E-state index is 12.0. The van der Waals surface area contributed by atoms with Crippen molar-refractivity contribution in [1.82, 2.24) is 5.32 Å². The van der Waals surface area contributed by atoms with Gasteiger partial charge in [0, 0.05) is 13.2 Å². The first-order valence-electron chi connectivity index (χ1n) is 6.42. The van der Waals surface area contributed by atoms with Crippen LogP contribution in [-0.4, -0.2) is 36.4 Å². The van der Waals surface area contributed by atoms with Crippen LogP contribution in [0, 0.1) is 5.92 Å². The van der Waals surface area contributed by atoms with Gasteiger partial charge in [-0.25, -0.2) is 0 Å². The van der Waals surface area contributed by atoms with E-state index in [4.69, 9.17) is 14.6 Å². The number of carbonyl (C=O) groups excluding carboxylic acids is 1. The Morgan fingerprint density at radius 1 is 1.37 bits per heavy atom. The molecule has 0 radical (unpaired) electrons. The van der Waals surface area contributed by atoms with E-state index in [0.717, 1.165) is 0 Å². The molecule has 1 aliphatic rings. The fourth-order valence-corrected chi connectivity index (χ4v) is 1.85. The molecular weight excluding hydrogens is 246 g/mol. The Bertz CT molecular complexity index is 449. The Hall–Kier alpha value is -1.75. The van der Waals surface area contributed by atoms with Gasteiger partial charge in [-0.15, -0.1) is 0 Å². The molecule has 5 nitrogen and oxygen atoms in total. The van der Waals surface area contributed by atoms with E-state index in [1.54, 1.807) is 13.0 Å². The molecule has 19 heavy (non-hydrogen) atoms. The number of benzene rings is 1. The SMILES string of the molecule is CC(CO)CNC(=O)C1Oc2ccccc2OC1C. The third-order valence-electron chi connectivity index (χ3n) is 3.04. The summed E-state index contributed by atoms with van der Waals surface area (Å²) >= 11 is 0. The molecule has 1 heterocycles. The Kier molecular flexibility index (Phi) is 4.27. The van der Waals surface area contributed by atoms with Crippen molar-refractivity contribution in [2.45, 2.75) is 26.1 Å². The first kappa shape index (κ1) is 13.7. The van der Waals surface area contributed by atoms with Gasteiger partial charge < -0.3 is 19.9 Å². The molecule has 1 aromatic rings. The molecule has 104 valence electrons. The van der Waals surface area contributed by atoms with Crippen LogP contribution in [0.2, 0.25) is 0 Å². The van der Waals surface area contributed by atoms with E-state index in [0.29, 0.717) is 18.0 Å². The zero-order valence-corrected chi connectivity index (χ0v) is 11.1. The number of rotatable bonds is 4. The molecule has 0 spiro atoms. The Balaban J connectivity index is 2.00. The summed E-state index contributed by atoms with van der Waals surface area (Å²) in [6.45, 7) is 4.12. The third kappa shape index (κ3) is 3.17. The minimum absolute atomic E-state index is 0.0241. The fourth-order valence-electron chi connectivity index (χ4n) is 1.85. The summed E-state index contributed by atoms with van der Waals surface area (Å²) in [5, 5.41) is 11.7. The van der Waals surface area contributed by atoms with E-state index in [-0.39, 0.29) is 24.5 Å². The van der Waals surface area contributed by atoms with Crippen molar-refractivity contribution in [2.24, 2.45) is 5.92 Å². The standard InChI is InChI=1S/C14H19NO4/c1-9(8-16)7-15-14(17)13-10(2)18-11-5-3-4-6-12(11)19-13/h3-6,9-10,13,16H,7-8H2,1-2H3,(H,15,17). The molecule has 3 unspecified atom stereocenters. The average molecular weight is 265 g/mol. The van der Waals surface area contributed by atoms with E-state index in [1.165, 1.54) is 0 Å². The molecule has 1 aromatic carbocycles. The molecule has 0 saturated heterocycles. The van der Waals surface area contributed by atoms with Gasteiger partial charge in [-0.2, -0.15) is 0 Å². The van der Waals surface area contributed by atoms with Crippen molar-refractivity contribution in [3.05, 3.63) is 24.3 Å². The van der Waals surface area contributed by atoms with Crippen molar-refractivity contribution in [2.75, 3.05) is 13.2 Å². The topological polar surface area (TPSA) is 67.8 Å². The molecule has 3 atom stereocenters. The number of amides is 1. The number of hydrogen-bond acceptors (Lipinski definition) is 4. The van der Waals surface area contributed by atoms with Crippen LogP contribution in [0.1, 0.15) is 13.8 Å². The largest absolute Gasteiger partial charge is 0.482 e. The van der Waals surface area contributed by atoms with Gasteiger partial charge in [0.25, 0.3) is 5.91 Å². The van der Waals surface area contributed by atoms with Gasteiger partial charge in [0.15, 0.2) is 11.5 Å². The number of aliphatic hydroxyl groups is 1. The number of carbonyl (C=O) groups is 1. The number of para-hydroxylation sites is 2. The van der Waals surface area contributed by atoms with Crippen molar-refractivity contribution in [3.63, 3.8) is 0 Å². The van der Waals surface area contributed by atoms with E-state index < -0.39 is 6.10 Å². The molecular formula is C14H19NO4. The van der Waals surface area contributed by atoms with Crippen LogP contribution in [0.25, 0.3) is 0 Å². The Morgan fingerprint density at radius 3 is 2.63 bits per heavy atom. The van der Waals surface area contributed by atoms with Crippen LogP contribution >= 0.6 is 0 Å². The highest BCUT2D eigenvalue weighted by Crippen LogP contribution is 2.33. The second-order valence-corrected chi connectivity index (χ2v) is 4.84. The molecule has 1 aliphatic heterocycles. The van der Waals surface area contributed by atoms with Crippen LogP contribution in [0.4, 0.5) is 0 Å². The van der Waals surface area contributed by atoms with E-state index in [9.17, 15) is 4.79 Å². The van der Waals surface area contributed by atoms with Gasteiger partial charge in [-0.1, -0.05) is 19.1 Å². The quantitative estimate of drug-likeness (QED) is 0.851. The molecule has 0 bridgehead atoms. The summed E-state index contributed by atoms with van der Waals surface area (Å²) in [6.07, 6.45) is -1.01. The summed E-state index contributed by atoms with van der Waals surface area (Å²) < 4.78 is 11.3. The van der Waals surface area contributed by atoms with Crippen LogP contribution in [0.5, 0.6) is 11.5 Å². The van der Waals surface area contributed by atoms with Crippen molar-refractivity contribution < 1.29 is 19.4 Å². The lowest BCUT2D eigenvalue weighted by Gasteiger charge is -2.31. The monoisotopic (exact) mass is 265 g/mol. The van der Waals surface area contributed by atoms with E-state index in [1.807, 2.05) is 25.1 Å². The van der Waals surface area contributed by atoms with Crippen LogP contribution in [0.15, 0.2) is 24.3 Å². The zero-order chi connectivity index (χ0) is 13.8. The zero-order valence-electron chi connectivity index (χ0n) is 11.1. The van der Waals surface area contributed by atoms with E-state index >= 15 is 0 Å². The minimum atomic E-state index is -0.666. The predicted molar refractivity (Wildman–Crippen MR) is 70.2 cm³/mol. The first-order chi connectivity index (χ1) is 9.11. The third-order valence-corrected chi connectivity index (χ3v) is 3.04. The number of fused-ring (bicyclic) bond motifs is 1. The van der Waals surface area contributed by atoms with Gasteiger partial charge in [0.05, 0.1) is 0 Å². The molecule has 0 fully saturated rings. The Labute approximate surface area is 112 Å². The van der Waals surface area contributed by atoms with Crippen molar-refractivity contribution in [1.29, 1.82) is 0 Å². The molecule has 0 aliphatic carbocycles. The minimum Gasteiger partial charge on any atom is -0.482 e. The lowest BCUT2D eigenvalue weighted by atomic mass is 10.1. The number of aliphatic hydroxyl groups excluding tert-OH is 1. The van der Waals surface area contributed by atoms with Gasteiger partial charge in [0.1, 0.15) is 6.10 Å². The van der Waals surface area contributed by atoms with Crippen LogP contribution in [-0.2, 0) is 4.79 Å². The van der Waals surface area contributed by atoms with Crippen molar-refractivity contribution >= 4 is 5.91 Å². The maximum absolute atomic E-state index is 12.0. The second-order valence-electron chi connectivity index (χ2n) is 4.84. The van der Waals surface area contributed by atoms with Crippen molar-refractivity contribution in [3.8, 4) is 11.5 Å². The van der Waals surface area contributed by atoms with Gasteiger partial charge in [0.2, 0.25) is 6.10 Å². The Morgan fingerprint density at radius 2 is 2.00 bits per heavy atom. The van der Waals surface area contributed by atoms with Crippen LogP contribution in [0.3, 0.4) is 0 Å². The number of nitrogens with one attached hydrogen (secondary N) is 1. The lowest BCUT2D eigenvalue weighted by molar-refractivity contribution is -0.133. The highest BCUT2D eigenvalue weighted by Gasteiger charge is 2.33. The smallest absolute Gasteiger partial charge is 0.265 e. The van der Waals surface area contributed by atoms with Crippen LogP contribution < -0.4 is 14.8 Å². The number of hydrogen-bond donors (Lipinski definition) is 2. The molecule has 2 N–H and O–H groups in total. The summed E-state index contributed by atoms with van der Waals surface area (Å²) in [5.41, 5.74) is 0. The highest BCUT2D eigenvalue weighted by atomic mass is 16.6. The van der Waals surface area contributed by atoms with Gasteiger partial charge in [-0.05, 0) is 25.0 Å². The summed E-state index contributed by atoms with van der Waals surface area (Å²) in [6, 6.07) is 7.28. The molecule has 0 saturated carbocycles. The maximum Gasteiger partial charge on any atom is 0.265 e. The fraction of sp³-hybridized carbons (Fsp3) is 0.500. The van der Waals surface area contributed by atoms with Gasteiger partial charge in [-0.3, -0.25) is 4.79 Å². The molecule has 2 rings (SSSR count). The summed E-state index contributed by atoms with van der Waals surface area (Å²) in [5.74, 6) is 1.04. The predicted octanol–water partition coefficient (Wildman–Crippen LogP) is 0.959. The summed E-state index contributed by atoms with van der Waals surface area (Å²) in [4.78, 5) is 12.0.